The van der Waals surface area contributed by atoms with Crippen molar-refractivity contribution in [1.82, 2.24) is 0 Å². The van der Waals surface area contributed by atoms with Gasteiger partial charge < -0.3 is 10.7 Å². The molecule has 0 aliphatic heterocycles. The van der Waals surface area contributed by atoms with Gasteiger partial charge in [-0.25, -0.2) is 4.39 Å². The Balaban J connectivity index is 3.27. The topological polar surface area (TPSA) is 35.9 Å². The van der Waals surface area contributed by atoms with Crippen molar-refractivity contribution in [2.75, 3.05) is 12.4 Å². The van der Waals surface area contributed by atoms with E-state index in [0.29, 0.717) is 23.4 Å². The summed E-state index contributed by atoms with van der Waals surface area (Å²) in [4.78, 5) is 0. The zero-order valence-electron chi connectivity index (χ0n) is 8.74. The largest absolute Gasteiger partial charge is 0.387 e. The Bertz CT molecular complexity index is 359. The van der Waals surface area contributed by atoms with E-state index < -0.39 is 0 Å². The van der Waals surface area contributed by atoms with Crippen molar-refractivity contribution in [3.63, 3.8) is 0 Å². The summed E-state index contributed by atoms with van der Waals surface area (Å²) in [6.07, 6.45) is 0.653. The summed E-state index contributed by atoms with van der Waals surface area (Å²) in [7, 11) is 1.73. The molecular formula is C11H15FN2. The van der Waals surface area contributed by atoms with Crippen LogP contribution in [-0.4, -0.2) is 12.8 Å². The van der Waals surface area contributed by atoms with Crippen molar-refractivity contribution in [1.29, 1.82) is 5.41 Å². The normalized spacial score (nSPS) is 10.0. The lowest BCUT2D eigenvalue weighted by Gasteiger charge is -2.10. The van der Waals surface area contributed by atoms with Gasteiger partial charge in [-0.1, -0.05) is 6.92 Å². The monoisotopic (exact) mass is 194 g/mol. The van der Waals surface area contributed by atoms with Gasteiger partial charge in [-0.3, -0.25) is 0 Å². The molecule has 0 aliphatic rings. The number of nitrogens with one attached hydrogen (secondary N) is 2. The van der Waals surface area contributed by atoms with Crippen molar-refractivity contribution in [3.8, 4) is 0 Å². The van der Waals surface area contributed by atoms with Gasteiger partial charge >= 0.3 is 0 Å². The van der Waals surface area contributed by atoms with E-state index in [-0.39, 0.29) is 5.82 Å². The van der Waals surface area contributed by atoms with E-state index >= 15 is 0 Å². The fraction of sp³-hybridized carbons (Fsp3) is 0.364. The van der Waals surface area contributed by atoms with Crippen LogP contribution in [0.2, 0.25) is 0 Å². The first kappa shape index (κ1) is 10.7. The maximum atomic E-state index is 13.2. The van der Waals surface area contributed by atoms with E-state index in [9.17, 15) is 4.39 Å². The van der Waals surface area contributed by atoms with E-state index in [1.54, 1.807) is 20.0 Å². The molecule has 0 spiro atoms. The number of hydrogen-bond acceptors (Lipinski definition) is 2. The molecule has 0 bridgehead atoms. The zero-order chi connectivity index (χ0) is 10.7. The summed E-state index contributed by atoms with van der Waals surface area (Å²) in [6, 6.07) is 3.15. The average Bonchev–Trinajstić information content (AvgIpc) is 2.20. The first-order valence-electron chi connectivity index (χ1n) is 4.65. The second-order valence-electron chi connectivity index (χ2n) is 3.23. The van der Waals surface area contributed by atoms with Gasteiger partial charge in [0, 0.05) is 24.0 Å². The Morgan fingerprint density at radius 2 is 2.14 bits per heavy atom. The van der Waals surface area contributed by atoms with Crippen LogP contribution in [0, 0.1) is 18.2 Å². The Labute approximate surface area is 83.7 Å². The Hall–Kier alpha value is -1.38. The van der Waals surface area contributed by atoms with Crippen LogP contribution in [-0.2, 0) is 0 Å². The highest BCUT2D eigenvalue weighted by atomic mass is 19.1. The molecule has 76 valence electrons. The number of hydrogen-bond donors (Lipinski definition) is 2. The molecule has 0 atom stereocenters. The third-order valence-electron chi connectivity index (χ3n) is 2.25. The minimum absolute atomic E-state index is 0.234. The molecule has 14 heavy (non-hydrogen) atoms. The molecule has 1 rings (SSSR count). The van der Waals surface area contributed by atoms with Crippen LogP contribution < -0.4 is 5.32 Å². The molecule has 0 aromatic heterocycles. The molecule has 1 aromatic rings. The quantitative estimate of drug-likeness (QED) is 0.713. The third kappa shape index (κ3) is 1.92. The third-order valence-corrected chi connectivity index (χ3v) is 2.25. The summed E-state index contributed by atoms with van der Waals surface area (Å²) in [5, 5.41) is 10.6. The highest BCUT2D eigenvalue weighted by Crippen LogP contribution is 2.21. The second-order valence-corrected chi connectivity index (χ2v) is 3.23. The summed E-state index contributed by atoms with van der Waals surface area (Å²) >= 11 is 0. The van der Waals surface area contributed by atoms with Crippen LogP contribution in [0.5, 0.6) is 0 Å². The van der Waals surface area contributed by atoms with Crippen LogP contribution in [0.15, 0.2) is 12.1 Å². The molecule has 0 heterocycles. The first-order valence-corrected chi connectivity index (χ1v) is 4.65. The maximum Gasteiger partial charge on any atom is 0.128 e. The Morgan fingerprint density at radius 3 is 2.64 bits per heavy atom. The Kier molecular flexibility index (Phi) is 3.23. The van der Waals surface area contributed by atoms with Crippen LogP contribution in [0.25, 0.3) is 0 Å². The molecule has 0 saturated carbocycles. The molecule has 0 radical (unpaired) electrons. The van der Waals surface area contributed by atoms with Gasteiger partial charge in [0.05, 0.1) is 0 Å². The van der Waals surface area contributed by atoms with Crippen LogP contribution in [0.4, 0.5) is 10.1 Å². The molecule has 0 unspecified atom stereocenters. The summed E-state index contributed by atoms with van der Waals surface area (Å²) in [6.45, 7) is 3.63. The summed E-state index contributed by atoms with van der Waals surface area (Å²) < 4.78 is 13.2. The number of halogens is 1. The van der Waals surface area contributed by atoms with Crippen LogP contribution >= 0.6 is 0 Å². The molecule has 2 nitrogen and oxygen atoms in total. The number of benzene rings is 1. The fourth-order valence-electron chi connectivity index (χ4n) is 1.33. The van der Waals surface area contributed by atoms with Crippen molar-refractivity contribution in [3.05, 3.63) is 29.1 Å². The number of anilines is 1. The summed E-state index contributed by atoms with van der Waals surface area (Å²) in [5.41, 5.74) is 2.57. The van der Waals surface area contributed by atoms with Gasteiger partial charge in [0.1, 0.15) is 5.82 Å². The van der Waals surface area contributed by atoms with Crippen LogP contribution in [0.1, 0.15) is 24.5 Å². The molecule has 0 saturated heterocycles. The van der Waals surface area contributed by atoms with E-state index in [0.717, 1.165) is 5.56 Å². The predicted molar refractivity (Wildman–Crippen MR) is 57.8 cm³/mol. The zero-order valence-corrected chi connectivity index (χ0v) is 8.74. The second kappa shape index (κ2) is 4.22. The van der Waals surface area contributed by atoms with Crippen molar-refractivity contribution < 1.29 is 4.39 Å². The van der Waals surface area contributed by atoms with Gasteiger partial charge in [0.15, 0.2) is 0 Å². The predicted octanol–water partition coefficient (Wildman–Crippen LogP) is 2.95. The molecule has 2 N–H and O–H groups in total. The Morgan fingerprint density at radius 1 is 1.50 bits per heavy atom. The lowest BCUT2D eigenvalue weighted by atomic mass is 10.0. The number of aryl methyl sites for hydroxylation is 1. The van der Waals surface area contributed by atoms with Gasteiger partial charge in [-0.2, -0.15) is 0 Å². The van der Waals surface area contributed by atoms with Gasteiger partial charge in [0.2, 0.25) is 0 Å². The SMILES string of the molecule is CCC(=N)c1cc(C)c(F)cc1NC. The molecular weight excluding hydrogens is 179 g/mol. The smallest absolute Gasteiger partial charge is 0.128 e. The van der Waals surface area contributed by atoms with Crippen LogP contribution in [0.3, 0.4) is 0 Å². The molecule has 0 fully saturated rings. The molecule has 3 heteroatoms. The van der Waals surface area contributed by atoms with Gasteiger partial charge in [-0.15, -0.1) is 0 Å². The highest BCUT2D eigenvalue weighted by Gasteiger charge is 2.08. The standard InChI is InChI=1S/C11H15FN2/c1-4-10(13)8-5-7(2)9(12)6-11(8)14-3/h5-6,13-14H,4H2,1-3H3. The highest BCUT2D eigenvalue weighted by molar-refractivity contribution is 6.03. The minimum atomic E-state index is -0.234. The van der Waals surface area contributed by atoms with Crippen molar-refractivity contribution >= 4 is 11.4 Å². The lowest BCUT2D eigenvalue weighted by molar-refractivity contribution is 0.619. The minimum Gasteiger partial charge on any atom is -0.387 e. The van der Waals surface area contributed by atoms with E-state index in [1.165, 1.54) is 6.07 Å². The maximum absolute atomic E-state index is 13.2. The molecule has 0 amide bonds. The fourth-order valence-corrected chi connectivity index (χ4v) is 1.33. The van der Waals surface area contributed by atoms with Crippen molar-refractivity contribution in [2.45, 2.75) is 20.3 Å². The van der Waals surface area contributed by atoms with Gasteiger partial charge in [0.25, 0.3) is 0 Å². The first-order chi connectivity index (χ1) is 6.60. The van der Waals surface area contributed by atoms with Crippen molar-refractivity contribution in [2.24, 2.45) is 0 Å². The number of rotatable bonds is 3. The van der Waals surface area contributed by atoms with E-state index in [2.05, 4.69) is 5.32 Å². The average molecular weight is 194 g/mol. The van der Waals surface area contributed by atoms with E-state index in [4.69, 9.17) is 5.41 Å². The van der Waals surface area contributed by atoms with Gasteiger partial charge in [-0.05, 0) is 31.0 Å². The van der Waals surface area contributed by atoms with E-state index in [1.807, 2.05) is 6.92 Å². The lowest BCUT2D eigenvalue weighted by Crippen LogP contribution is -2.04. The molecule has 1 aromatic carbocycles. The molecule has 0 aliphatic carbocycles. The summed E-state index contributed by atoms with van der Waals surface area (Å²) in [5.74, 6) is -0.234.